The van der Waals surface area contributed by atoms with Gasteiger partial charge < -0.3 is 15.4 Å². The van der Waals surface area contributed by atoms with Gasteiger partial charge in [0.25, 0.3) is 0 Å². The van der Waals surface area contributed by atoms with E-state index in [4.69, 9.17) is 0 Å². The Morgan fingerprint density at radius 1 is 1.14 bits per heavy atom. The molecule has 1 saturated carbocycles. The van der Waals surface area contributed by atoms with Crippen molar-refractivity contribution in [2.75, 3.05) is 5.32 Å². The average molecular weight is 292 g/mol. The Morgan fingerprint density at radius 2 is 2.00 bits per heavy atom. The number of aromatic amines is 1. The zero-order chi connectivity index (χ0) is 15.1. The van der Waals surface area contributed by atoms with Crippen molar-refractivity contribution in [1.82, 2.24) is 4.98 Å². The van der Waals surface area contributed by atoms with E-state index in [-0.39, 0.29) is 0 Å². The van der Waals surface area contributed by atoms with Gasteiger partial charge >= 0.3 is 5.97 Å². The van der Waals surface area contributed by atoms with E-state index in [0.29, 0.717) is 17.2 Å². The predicted molar refractivity (Wildman–Crippen MR) is 87.0 cm³/mol. The van der Waals surface area contributed by atoms with Crippen LogP contribution in [0.5, 0.6) is 0 Å². The molecule has 4 rings (SSSR count). The topological polar surface area (TPSA) is 65.1 Å². The van der Waals surface area contributed by atoms with E-state index in [1.807, 2.05) is 42.6 Å². The first-order chi connectivity index (χ1) is 10.7. The number of carboxylic acid groups (broad SMARTS) is 1. The molecule has 0 unspecified atom stereocenters. The number of benzene rings is 2. The Balaban J connectivity index is 1.70. The average Bonchev–Trinajstić information content (AvgIpc) is 3.25. The fourth-order valence-electron chi connectivity index (χ4n) is 2.80. The summed E-state index contributed by atoms with van der Waals surface area (Å²) in [5.41, 5.74) is 4.04. The molecule has 3 aromatic rings. The highest BCUT2D eigenvalue weighted by Gasteiger charge is 2.25. The Morgan fingerprint density at radius 3 is 2.77 bits per heavy atom. The van der Waals surface area contributed by atoms with Crippen molar-refractivity contribution in [3.63, 3.8) is 0 Å². The van der Waals surface area contributed by atoms with Crippen molar-refractivity contribution in [2.45, 2.75) is 18.8 Å². The van der Waals surface area contributed by atoms with Gasteiger partial charge in [-0.2, -0.15) is 0 Å². The molecule has 1 aliphatic carbocycles. The lowest BCUT2D eigenvalue weighted by Crippen LogP contribution is -2.03. The van der Waals surface area contributed by atoms with Crippen LogP contribution in [0.25, 0.3) is 10.9 Å². The molecule has 1 heterocycles. The van der Waals surface area contributed by atoms with Crippen LogP contribution >= 0.6 is 0 Å². The predicted octanol–water partition coefficient (Wildman–Crippen LogP) is 4.49. The number of hydrogen-bond donors (Lipinski definition) is 3. The van der Waals surface area contributed by atoms with E-state index < -0.39 is 5.97 Å². The number of aromatic carboxylic acids is 1. The van der Waals surface area contributed by atoms with Gasteiger partial charge in [0, 0.05) is 22.8 Å². The Bertz CT molecular complexity index is 862. The van der Waals surface area contributed by atoms with Crippen LogP contribution < -0.4 is 5.32 Å². The van der Waals surface area contributed by atoms with Gasteiger partial charge in [0.1, 0.15) is 0 Å². The molecule has 3 N–H and O–H groups in total. The highest BCUT2D eigenvalue weighted by atomic mass is 16.4. The lowest BCUT2D eigenvalue weighted by molar-refractivity contribution is 0.0698. The molecule has 1 fully saturated rings. The van der Waals surface area contributed by atoms with Crippen LogP contribution in [0.3, 0.4) is 0 Å². The Kier molecular flexibility index (Phi) is 2.89. The molecule has 1 aliphatic rings. The monoisotopic (exact) mass is 292 g/mol. The highest BCUT2D eigenvalue weighted by Crippen LogP contribution is 2.41. The van der Waals surface area contributed by atoms with Crippen LogP contribution in [0.1, 0.15) is 34.7 Å². The van der Waals surface area contributed by atoms with E-state index in [1.54, 1.807) is 6.07 Å². The van der Waals surface area contributed by atoms with E-state index >= 15 is 0 Å². The molecule has 22 heavy (non-hydrogen) atoms. The molecular weight excluding hydrogens is 276 g/mol. The summed E-state index contributed by atoms with van der Waals surface area (Å²) in [6, 6.07) is 13.6. The number of carboxylic acids is 1. The summed E-state index contributed by atoms with van der Waals surface area (Å²) in [6.07, 6.45) is 4.22. The minimum atomic E-state index is -0.896. The third-order valence-corrected chi connectivity index (χ3v) is 4.16. The molecule has 0 amide bonds. The molecular formula is C18H16N2O2. The van der Waals surface area contributed by atoms with Crippen molar-refractivity contribution in [1.29, 1.82) is 0 Å². The molecule has 1 aromatic heterocycles. The number of aromatic nitrogens is 1. The lowest BCUT2D eigenvalue weighted by Gasteiger charge is -2.11. The Hall–Kier alpha value is -2.75. The maximum absolute atomic E-state index is 11.5. The third-order valence-electron chi connectivity index (χ3n) is 4.16. The van der Waals surface area contributed by atoms with Gasteiger partial charge in [0.15, 0.2) is 0 Å². The molecule has 0 bridgehead atoms. The number of carbonyl (C=O) groups is 1. The van der Waals surface area contributed by atoms with E-state index in [2.05, 4.69) is 10.3 Å². The number of fused-ring (bicyclic) bond motifs is 1. The fraction of sp³-hybridized carbons (Fsp3) is 0.167. The summed E-state index contributed by atoms with van der Waals surface area (Å²) in [4.78, 5) is 14.7. The van der Waals surface area contributed by atoms with Crippen molar-refractivity contribution in [2.24, 2.45) is 0 Å². The zero-order valence-electron chi connectivity index (χ0n) is 12.0. The van der Waals surface area contributed by atoms with Crippen LogP contribution in [-0.4, -0.2) is 16.1 Å². The second kappa shape index (κ2) is 4.91. The molecule has 0 aliphatic heterocycles. The smallest absolute Gasteiger partial charge is 0.337 e. The van der Waals surface area contributed by atoms with Crippen LogP contribution in [-0.2, 0) is 0 Å². The number of hydrogen-bond acceptors (Lipinski definition) is 2. The fourth-order valence-corrected chi connectivity index (χ4v) is 2.80. The SMILES string of the molecule is O=C(O)c1cc(C2CC2)ccc1Nc1ccc2[nH]ccc2c1. The van der Waals surface area contributed by atoms with Crippen LogP contribution in [0.4, 0.5) is 11.4 Å². The maximum Gasteiger partial charge on any atom is 0.337 e. The van der Waals surface area contributed by atoms with E-state index in [9.17, 15) is 9.90 Å². The molecule has 0 radical (unpaired) electrons. The minimum Gasteiger partial charge on any atom is -0.478 e. The van der Waals surface area contributed by atoms with E-state index in [1.165, 1.54) is 0 Å². The van der Waals surface area contributed by atoms with Crippen molar-refractivity contribution in [3.8, 4) is 0 Å². The van der Waals surface area contributed by atoms with Gasteiger partial charge in [-0.3, -0.25) is 0 Å². The normalized spacial score (nSPS) is 14.2. The standard InChI is InChI=1S/C18H16N2O2/c21-18(22)15-10-12(11-1-2-11)3-5-17(15)20-14-4-6-16-13(9-14)7-8-19-16/h3-11,19-20H,1-2H2,(H,21,22). The first-order valence-corrected chi connectivity index (χ1v) is 7.42. The second-order valence-electron chi connectivity index (χ2n) is 5.79. The molecule has 4 heteroatoms. The number of nitrogens with one attached hydrogen (secondary N) is 2. The molecule has 0 saturated heterocycles. The summed E-state index contributed by atoms with van der Waals surface area (Å²) in [5.74, 6) is -0.351. The van der Waals surface area contributed by atoms with Gasteiger partial charge in [-0.25, -0.2) is 4.79 Å². The summed E-state index contributed by atoms with van der Waals surface area (Å²) >= 11 is 0. The number of rotatable bonds is 4. The van der Waals surface area contributed by atoms with Crippen LogP contribution in [0.2, 0.25) is 0 Å². The summed E-state index contributed by atoms with van der Waals surface area (Å²) in [6.45, 7) is 0. The van der Waals surface area contributed by atoms with Gasteiger partial charge in [-0.15, -0.1) is 0 Å². The summed E-state index contributed by atoms with van der Waals surface area (Å²) in [5, 5.41) is 13.8. The van der Waals surface area contributed by atoms with Crippen LogP contribution in [0.15, 0.2) is 48.7 Å². The lowest BCUT2D eigenvalue weighted by atomic mass is 10.0. The Labute approximate surface area is 127 Å². The van der Waals surface area contributed by atoms with Crippen LogP contribution in [0, 0.1) is 0 Å². The molecule has 0 atom stereocenters. The highest BCUT2D eigenvalue weighted by molar-refractivity contribution is 5.96. The molecule has 110 valence electrons. The maximum atomic E-state index is 11.5. The molecule has 0 spiro atoms. The van der Waals surface area contributed by atoms with Gasteiger partial charge in [-0.1, -0.05) is 6.07 Å². The van der Waals surface area contributed by atoms with Gasteiger partial charge in [0.05, 0.1) is 11.3 Å². The summed E-state index contributed by atoms with van der Waals surface area (Å²) < 4.78 is 0. The van der Waals surface area contributed by atoms with Crippen molar-refractivity contribution < 1.29 is 9.90 Å². The first-order valence-electron chi connectivity index (χ1n) is 7.42. The number of H-pyrrole nitrogens is 1. The molecule has 2 aromatic carbocycles. The van der Waals surface area contributed by atoms with Gasteiger partial charge in [-0.05, 0) is 60.7 Å². The summed E-state index contributed by atoms with van der Waals surface area (Å²) in [7, 11) is 0. The minimum absolute atomic E-state index is 0.332. The quantitative estimate of drug-likeness (QED) is 0.664. The van der Waals surface area contributed by atoms with Gasteiger partial charge in [0.2, 0.25) is 0 Å². The number of anilines is 2. The molecule has 4 nitrogen and oxygen atoms in total. The van der Waals surface area contributed by atoms with Crippen molar-refractivity contribution in [3.05, 3.63) is 59.8 Å². The third kappa shape index (κ3) is 2.33. The second-order valence-corrected chi connectivity index (χ2v) is 5.79. The first kappa shape index (κ1) is 13.0. The zero-order valence-corrected chi connectivity index (χ0v) is 12.0. The largest absolute Gasteiger partial charge is 0.478 e. The van der Waals surface area contributed by atoms with E-state index in [0.717, 1.165) is 35.0 Å². The van der Waals surface area contributed by atoms with Crippen molar-refractivity contribution >= 4 is 28.2 Å².